The van der Waals surface area contributed by atoms with Crippen molar-refractivity contribution >= 4 is 28.5 Å². The molecule has 0 aliphatic heterocycles. The second-order valence-electron chi connectivity index (χ2n) is 4.49. The number of para-hydroxylation sites is 1. The number of nitrogens with zero attached hydrogens (tertiary/aromatic N) is 4. The van der Waals surface area contributed by atoms with Crippen molar-refractivity contribution in [3.05, 3.63) is 36.0 Å². The van der Waals surface area contributed by atoms with Crippen LogP contribution in [0.15, 0.2) is 30.5 Å². The number of nitrogens with one attached hydrogen (secondary N) is 2. The molecular weight excluding hydrogens is 254 g/mol. The summed E-state index contributed by atoms with van der Waals surface area (Å²) in [6.45, 7) is 2.06. The highest BCUT2D eigenvalue weighted by Crippen LogP contribution is 2.30. The quantitative estimate of drug-likeness (QED) is 0.495. The Morgan fingerprint density at radius 2 is 2.05 bits per heavy atom. The van der Waals surface area contributed by atoms with Crippen molar-refractivity contribution in [2.45, 2.75) is 6.92 Å². The Morgan fingerprint density at radius 3 is 2.80 bits per heavy atom. The monoisotopic (exact) mass is 269 g/mol. The summed E-state index contributed by atoms with van der Waals surface area (Å²) in [5.74, 6) is 6.51. The average molecular weight is 269 g/mol. The maximum Gasteiger partial charge on any atom is 0.241 e. The number of aromatic amines is 1. The van der Waals surface area contributed by atoms with E-state index >= 15 is 0 Å². The Labute approximate surface area is 115 Å². The molecule has 20 heavy (non-hydrogen) atoms. The molecule has 0 spiro atoms. The van der Waals surface area contributed by atoms with Gasteiger partial charge < -0.3 is 4.90 Å². The highest BCUT2D eigenvalue weighted by atomic mass is 15.3. The first-order valence-electron chi connectivity index (χ1n) is 6.18. The van der Waals surface area contributed by atoms with Crippen LogP contribution < -0.4 is 16.2 Å². The van der Waals surface area contributed by atoms with Crippen LogP contribution in [0.3, 0.4) is 0 Å². The van der Waals surface area contributed by atoms with E-state index in [2.05, 4.69) is 38.6 Å². The number of hydrogen-bond acceptors (Lipinski definition) is 6. The zero-order chi connectivity index (χ0) is 14.1. The average Bonchev–Trinajstić information content (AvgIpc) is 2.94. The van der Waals surface area contributed by atoms with Crippen molar-refractivity contribution in [1.82, 2.24) is 20.2 Å². The molecule has 1 aromatic carbocycles. The minimum atomic E-state index is 0.345. The second kappa shape index (κ2) is 4.78. The standard InChI is InChI=1S/C13H15N7/c1-8-5-3-4-6-10(8)20(2)12-9-7-15-19-11(9)16-13(17-12)18-14/h3-7H,14H2,1-2H3,(H2,15,16,17,18,19). The number of rotatable bonds is 3. The third-order valence-corrected chi connectivity index (χ3v) is 3.21. The Balaban J connectivity index is 2.18. The molecule has 7 heteroatoms. The van der Waals surface area contributed by atoms with E-state index in [-0.39, 0.29) is 0 Å². The highest BCUT2D eigenvalue weighted by Gasteiger charge is 2.15. The molecule has 3 rings (SSSR count). The second-order valence-corrected chi connectivity index (χ2v) is 4.49. The molecular formula is C13H15N7. The first-order valence-corrected chi connectivity index (χ1v) is 6.18. The van der Waals surface area contributed by atoms with Crippen LogP contribution in [0.1, 0.15) is 5.56 Å². The highest BCUT2D eigenvalue weighted by molar-refractivity contribution is 5.90. The van der Waals surface area contributed by atoms with Gasteiger partial charge in [0.05, 0.1) is 11.6 Å². The number of nitrogen functional groups attached to an aromatic ring is 1. The van der Waals surface area contributed by atoms with Gasteiger partial charge in [-0.15, -0.1) is 0 Å². The van der Waals surface area contributed by atoms with Crippen LogP contribution in [0, 0.1) is 6.92 Å². The van der Waals surface area contributed by atoms with Crippen molar-refractivity contribution in [3.63, 3.8) is 0 Å². The van der Waals surface area contributed by atoms with Crippen molar-refractivity contribution in [2.75, 3.05) is 17.4 Å². The molecule has 4 N–H and O–H groups in total. The maximum atomic E-state index is 5.42. The zero-order valence-electron chi connectivity index (χ0n) is 11.3. The first-order chi connectivity index (χ1) is 9.70. The zero-order valence-corrected chi connectivity index (χ0v) is 11.3. The van der Waals surface area contributed by atoms with Crippen LogP contribution in [-0.4, -0.2) is 27.2 Å². The summed E-state index contributed by atoms with van der Waals surface area (Å²) >= 11 is 0. The van der Waals surface area contributed by atoms with E-state index in [1.807, 2.05) is 30.1 Å². The fraction of sp³-hybridized carbons (Fsp3) is 0.154. The predicted molar refractivity (Wildman–Crippen MR) is 78.7 cm³/mol. The molecule has 7 nitrogen and oxygen atoms in total. The number of hydrazine groups is 1. The molecule has 0 aliphatic carbocycles. The Morgan fingerprint density at radius 1 is 1.25 bits per heavy atom. The summed E-state index contributed by atoms with van der Waals surface area (Å²) < 4.78 is 0. The van der Waals surface area contributed by atoms with E-state index in [9.17, 15) is 0 Å². The van der Waals surface area contributed by atoms with E-state index in [0.717, 1.165) is 22.5 Å². The summed E-state index contributed by atoms with van der Waals surface area (Å²) in [6, 6.07) is 8.10. The van der Waals surface area contributed by atoms with Crippen molar-refractivity contribution < 1.29 is 0 Å². The van der Waals surface area contributed by atoms with Gasteiger partial charge in [0.2, 0.25) is 5.95 Å². The number of aromatic nitrogens is 4. The van der Waals surface area contributed by atoms with Gasteiger partial charge in [0.15, 0.2) is 5.65 Å². The summed E-state index contributed by atoms with van der Waals surface area (Å²) in [5, 5.41) is 7.69. The molecule has 102 valence electrons. The summed E-state index contributed by atoms with van der Waals surface area (Å²) in [4.78, 5) is 10.6. The summed E-state index contributed by atoms with van der Waals surface area (Å²) in [7, 11) is 1.96. The lowest BCUT2D eigenvalue weighted by atomic mass is 10.2. The van der Waals surface area contributed by atoms with Crippen LogP contribution in [0.25, 0.3) is 11.0 Å². The molecule has 0 radical (unpaired) electrons. The van der Waals surface area contributed by atoms with Gasteiger partial charge in [-0.1, -0.05) is 18.2 Å². The predicted octanol–water partition coefficient (Wildman–Crippen LogP) is 1.71. The van der Waals surface area contributed by atoms with Gasteiger partial charge in [0, 0.05) is 12.7 Å². The summed E-state index contributed by atoms with van der Waals surface area (Å²) in [5.41, 5.74) is 5.34. The molecule has 0 amide bonds. The molecule has 0 atom stereocenters. The van der Waals surface area contributed by atoms with E-state index in [0.29, 0.717) is 11.6 Å². The van der Waals surface area contributed by atoms with E-state index in [1.165, 1.54) is 0 Å². The van der Waals surface area contributed by atoms with E-state index in [1.54, 1.807) is 6.20 Å². The third-order valence-electron chi connectivity index (χ3n) is 3.21. The number of nitrogens with two attached hydrogens (primary N) is 1. The minimum absolute atomic E-state index is 0.345. The molecule has 2 heterocycles. The molecule has 0 unspecified atom stereocenters. The molecule has 0 saturated heterocycles. The van der Waals surface area contributed by atoms with Crippen LogP contribution >= 0.6 is 0 Å². The Hall–Kier alpha value is -2.67. The lowest BCUT2D eigenvalue weighted by Crippen LogP contribution is -2.16. The van der Waals surface area contributed by atoms with Crippen LogP contribution in [0.5, 0.6) is 0 Å². The van der Waals surface area contributed by atoms with E-state index in [4.69, 9.17) is 5.84 Å². The molecule has 3 aromatic rings. The molecule has 0 saturated carbocycles. The topological polar surface area (TPSA) is 95.8 Å². The lowest BCUT2D eigenvalue weighted by Gasteiger charge is -2.21. The van der Waals surface area contributed by atoms with Gasteiger partial charge in [-0.25, -0.2) is 5.84 Å². The smallest absolute Gasteiger partial charge is 0.241 e. The Bertz CT molecular complexity index is 749. The van der Waals surface area contributed by atoms with Crippen LogP contribution in [0.4, 0.5) is 17.5 Å². The Kier molecular flexibility index (Phi) is 2.96. The normalized spacial score (nSPS) is 10.8. The van der Waals surface area contributed by atoms with Gasteiger partial charge in [0.25, 0.3) is 0 Å². The molecule has 0 aliphatic rings. The fourth-order valence-electron chi connectivity index (χ4n) is 2.19. The minimum Gasteiger partial charge on any atom is -0.328 e. The number of hydrogen-bond donors (Lipinski definition) is 3. The number of H-pyrrole nitrogens is 1. The van der Waals surface area contributed by atoms with Crippen molar-refractivity contribution in [1.29, 1.82) is 0 Å². The number of anilines is 3. The largest absolute Gasteiger partial charge is 0.328 e. The van der Waals surface area contributed by atoms with Gasteiger partial charge in [-0.05, 0) is 18.6 Å². The summed E-state index contributed by atoms with van der Waals surface area (Å²) in [6.07, 6.45) is 1.71. The van der Waals surface area contributed by atoms with E-state index < -0.39 is 0 Å². The molecule has 0 fully saturated rings. The van der Waals surface area contributed by atoms with Gasteiger partial charge in [0.1, 0.15) is 5.82 Å². The van der Waals surface area contributed by atoms with Gasteiger partial charge in [-0.2, -0.15) is 15.1 Å². The molecule has 0 bridgehead atoms. The van der Waals surface area contributed by atoms with Crippen molar-refractivity contribution in [3.8, 4) is 0 Å². The fourth-order valence-corrected chi connectivity index (χ4v) is 2.19. The number of benzene rings is 1. The maximum absolute atomic E-state index is 5.42. The third kappa shape index (κ3) is 1.94. The van der Waals surface area contributed by atoms with Gasteiger partial charge >= 0.3 is 0 Å². The SMILES string of the molecule is Cc1ccccc1N(C)c1nc(NN)nc2[nH]ncc12. The molecule has 2 aromatic heterocycles. The number of fused-ring (bicyclic) bond motifs is 1. The van der Waals surface area contributed by atoms with Gasteiger partial charge in [-0.3, -0.25) is 10.5 Å². The van der Waals surface area contributed by atoms with Crippen molar-refractivity contribution in [2.24, 2.45) is 5.84 Å². The number of aryl methyl sites for hydroxylation is 1. The lowest BCUT2D eigenvalue weighted by molar-refractivity contribution is 1.06. The van der Waals surface area contributed by atoms with Crippen LogP contribution in [0.2, 0.25) is 0 Å². The first kappa shape index (κ1) is 12.4. The van der Waals surface area contributed by atoms with Crippen LogP contribution in [-0.2, 0) is 0 Å².